The SMILES string of the molecule is CCNCc1cccc(CN2CCCN3CCCC3C2)c1. The normalized spacial score (nSPS) is 24.0. The third-order valence-electron chi connectivity index (χ3n) is 4.86. The highest BCUT2D eigenvalue weighted by molar-refractivity contribution is 5.23. The third-order valence-corrected chi connectivity index (χ3v) is 4.86. The maximum absolute atomic E-state index is 3.42. The summed E-state index contributed by atoms with van der Waals surface area (Å²) in [4.78, 5) is 5.38. The van der Waals surface area contributed by atoms with Gasteiger partial charge >= 0.3 is 0 Å². The molecule has 2 saturated heterocycles. The summed E-state index contributed by atoms with van der Waals surface area (Å²) in [6.45, 7) is 10.5. The summed E-state index contributed by atoms with van der Waals surface area (Å²) in [6, 6.07) is 9.92. The quantitative estimate of drug-likeness (QED) is 0.897. The zero-order valence-electron chi connectivity index (χ0n) is 13.4. The van der Waals surface area contributed by atoms with E-state index in [1.54, 1.807) is 0 Å². The molecule has 0 bridgehead atoms. The fraction of sp³-hybridized carbons (Fsp3) is 0.667. The van der Waals surface area contributed by atoms with Crippen LogP contribution < -0.4 is 5.32 Å². The molecule has 2 fully saturated rings. The molecule has 0 radical (unpaired) electrons. The van der Waals surface area contributed by atoms with E-state index in [1.807, 2.05) is 0 Å². The van der Waals surface area contributed by atoms with E-state index in [0.717, 1.165) is 25.7 Å². The maximum atomic E-state index is 3.42. The van der Waals surface area contributed by atoms with E-state index in [0.29, 0.717) is 0 Å². The average molecular weight is 287 g/mol. The second-order valence-electron chi connectivity index (χ2n) is 6.52. The van der Waals surface area contributed by atoms with Crippen molar-refractivity contribution in [1.82, 2.24) is 15.1 Å². The topological polar surface area (TPSA) is 18.5 Å². The van der Waals surface area contributed by atoms with Gasteiger partial charge in [0.1, 0.15) is 0 Å². The van der Waals surface area contributed by atoms with Crippen molar-refractivity contribution in [3.63, 3.8) is 0 Å². The van der Waals surface area contributed by atoms with E-state index < -0.39 is 0 Å². The zero-order chi connectivity index (χ0) is 14.5. The molecule has 1 N–H and O–H groups in total. The van der Waals surface area contributed by atoms with E-state index in [9.17, 15) is 0 Å². The molecule has 1 aromatic rings. The lowest BCUT2D eigenvalue weighted by Gasteiger charge is -2.25. The summed E-state index contributed by atoms with van der Waals surface area (Å²) in [5.41, 5.74) is 2.88. The van der Waals surface area contributed by atoms with Crippen molar-refractivity contribution in [2.45, 2.75) is 45.3 Å². The zero-order valence-corrected chi connectivity index (χ0v) is 13.4. The van der Waals surface area contributed by atoms with Crippen LogP contribution in [0.25, 0.3) is 0 Å². The van der Waals surface area contributed by atoms with Crippen LogP contribution in [0.15, 0.2) is 24.3 Å². The van der Waals surface area contributed by atoms with E-state index in [1.165, 1.54) is 56.6 Å². The molecule has 1 unspecified atom stereocenters. The molecule has 0 amide bonds. The van der Waals surface area contributed by atoms with Crippen molar-refractivity contribution >= 4 is 0 Å². The fourth-order valence-electron chi connectivity index (χ4n) is 3.79. The van der Waals surface area contributed by atoms with E-state index in [2.05, 4.69) is 46.3 Å². The molecule has 0 aliphatic carbocycles. The predicted molar refractivity (Wildman–Crippen MR) is 88.3 cm³/mol. The van der Waals surface area contributed by atoms with Crippen LogP contribution in [0.5, 0.6) is 0 Å². The van der Waals surface area contributed by atoms with Crippen LogP contribution in [0.3, 0.4) is 0 Å². The Kier molecular flexibility index (Phi) is 5.28. The summed E-state index contributed by atoms with van der Waals surface area (Å²) in [5.74, 6) is 0. The lowest BCUT2D eigenvalue weighted by molar-refractivity contribution is 0.215. The van der Waals surface area contributed by atoms with E-state index in [-0.39, 0.29) is 0 Å². The van der Waals surface area contributed by atoms with Gasteiger partial charge in [-0.3, -0.25) is 9.80 Å². The summed E-state index contributed by atoms with van der Waals surface area (Å²) < 4.78 is 0. The van der Waals surface area contributed by atoms with Crippen LogP contribution in [0.4, 0.5) is 0 Å². The molecule has 116 valence electrons. The minimum absolute atomic E-state index is 0.817. The number of nitrogens with one attached hydrogen (secondary N) is 1. The first-order valence-corrected chi connectivity index (χ1v) is 8.60. The summed E-state index contributed by atoms with van der Waals surface area (Å²) in [7, 11) is 0. The van der Waals surface area contributed by atoms with Crippen molar-refractivity contribution < 1.29 is 0 Å². The number of hydrogen-bond acceptors (Lipinski definition) is 3. The highest BCUT2D eigenvalue weighted by Gasteiger charge is 2.28. The van der Waals surface area contributed by atoms with E-state index in [4.69, 9.17) is 0 Å². The molecule has 21 heavy (non-hydrogen) atoms. The largest absolute Gasteiger partial charge is 0.313 e. The lowest BCUT2D eigenvalue weighted by atomic mass is 10.1. The molecule has 0 saturated carbocycles. The van der Waals surface area contributed by atoms with Crippen LogP contribution >= 0.6 is 0 Å². The van der Waals surface area contributed by atoms with Crippen LogP contribution in [0.1, 0.15) is 37.3 Å². The third kappa shape index (κ3) is 4.06. The number of fused-ring (bicyclic) bond motifs is 1. The van der Waals surface area contributed by atoms with Gasteiger partial charge in [-0.2, -0.15) is 0 Å². The number of rotatable bonds is 5. The molecule has 2 aliphatic heterocycles. The molecule has 0 aromatic heterocycles. The van der Waals surface area contributed by atoms with Gasteiger partial charge in [0, 0.05) is 25.7 Å². The molecule has 0 spiro atoms. The van der Waals surface area contributed by atoms with Gasteiger partial charge in [-0.15, -0.1) is 0 Å². The van der Waals surface area contributed by atoms with Crippen LogP contribution in [-0.2, 0) is 13.1 Å². The molecule has 3 nitrogen and oxygen atoms in total. The summed E-state index contributed by atoms with van der Waals surface area (Å²) in [5, 5.41) is 3.42. The first-order valence-electron chi connectivity index (χ1n) is 8.60. The van der Waals surface area contributed by atoms with Crippen molar-refractivity contribution in [3.05, 3.63) is 35.4 Å². The van der Waals surface area contributed by atoms with Gasteiger partial charge in [0.15, 0.2) is 0 Å². The molecule has 3 rings (SSSR count). The van der Waals surface area contributed by atoms with Crippen LogP contribution in [0.2, 0.25) is 0 Å². The highest BCUT2D eigenvalue weighted by atomic mass is 15.3. The first kappa shape index (κ1) is 15.0. The average Bonchev–Trinajstić information content (AvgIpc) is 2.84. The van der Waals surface area contributed by atoms with Crippen molar-refractivity contribution in [2.24, 2.45) is 0 Å². The second kappa shape index (κ2) is 7.39. The molecule has 1 aromatic carbocycles. The number of benzene rings is 1. The Morgan fingerprint density at radius 1 is 1.14 bits per heavy atom. The minimum Gasteiger partial charge on any atom is -0.313 e. The van der Waals surface area contributed by atoms with Gasteiger partial charge in [0.05, 0.1) is 0 Å². The first-order chi connectivity index (χ1) is 10.3. The Balaban J connectivity index is 1.60. The van der Waals surface area contributed by atoms with Gasteiger partial charge in [0.2, 0.25) is 0 Å². The Labute approximate surface area is 129 Å². The molecular formula is C18H29N3. The fourth-order valence-corrected chi connectivity index (χ4v) is 3.79. The number of nitrogens with zero attached hydrogens (tertiary/aromatic N) is 2. The highest BCUT2D eigenvalue weighted by Crippen LogP contribution is 2.22. The van der Waals surface area contributed by atoms with Crippen LogP contribution in [-0.4, -0.2) is 48.6 Å². The second-order valence-corrected chi connectivity index (χ2v) is 6.52. The molecule has 3 heteroatoms. The molecule has 1 atom stereocenters. The smallest absolute Gasteiger partial charge is 0.0234 e. The van der Waals surface area contributed by atoms with Crippen molar-refractivity contribution in [3.8, 4) is 0 Å². The Bertz CT molecular complexity index is 446. The minimum atomic E-state index is 0.817. The van der Waals surface area contributed by atoms with Gasteiger partial charge < -0.3 is 5.32 Å². The summed E-state index contributed by atoms with van der Waals surface area (Å²) in [6.07, 6.45) is 4.13. The van der Waals surface area contributed by atoms with Crippen molar-refractivity contribution in [2.75, 3.05) is 32.7 Å². The van der Waals surface area contributed by atoms with E-state index >= 15 is 0 Å². The number of hydrogen-bond donors (Lipinski definition) is 1. The van der Waals surface area contributed by atoms with Gasteiger partial charge in [0.25, 0.3) is 0 Å². The standard InChI is InChI=1S/C18H29N3/c1-2-19-13-16-6-3-7-17(12-16)14-20-9-5-11-21-10-4-8-18(21)15-20/h3,6-7,12,18-19H,2,4-5,8-11,13-15H2,1H3. The van der Waals surface area contributed by atoms with Crippen molar-refractivity contribution in [1.29, 1.82) is 0 Å². The molecule has 2 aliphatic rings. The lowest BCUT2D eigenvalue weighted by Crippen LogP contribution is -2.36. The van der Waals surface area contributed by atoms with Crippen LogP contribution in [0, 0.1) is 0 Å². The van der Waals surface area contributed by atoms with Gasteiger partial charge in [-0.1, -0.05) is 31.2 Å². The maximum Gasteiger partial charge on any atom is 0.0234 e. The van der Waals surface area contributed by atoms with Gasteiger partial charge in [-0.25, -0.2) is 0 Å². The Morgan fingerprint density at radius 2 is 2.00 bits per heavy atom. The predicted octanol–water partition coefficient (Wildman–Crippen LogP) is 2.47. The monoisotopic (exact) mass is 287 g/mol. The Hall–Kier alpha value is -0.900. The molecular weight excluding hydrogens is 258 g/mol. The Morgan fingerprint density at radius 3 is 2.90 bits per heavy atom. The molecule has 2 heterocycles. The summed E-state index contributed by atoms with van der Waals surface area (Å²) >= 11 is 0. The van der Waals surface area contributed by atoms with Gasteiger partial charge in [-0.05, 0) is 56.6 Å².